The highest BCUT2D eigenvalue weighted by atomic mass is 35.5. The van der Waals surface area contributed by atoms with Crippen molar-refractivity contribution in [2.75, 3.05) is 0 Å². The Kier molecular flexibility index (Phi) is 6.01. The lowest BCUT2D eigenvalue weighted by Crippen LogP contribution is -2.27. The number of nitrogens with one attached hydrogen (secondary N) is 1. The van der Waals surface area contributed by atoms with E-state index in [9.17, 15) is 0 Å². The number of hydrogen-bond acceptors (Lipinski definition) is 1. The molecular formula is C15H24ClN. The van der Waals surface area contributed by atoms with E-state index in [0.29, 0.717) is 6.04 Å². The first-order chi connectivity index (χ1) is 8.02. The fourth-order valence-electron chi connectivity index (χ4n) is 1.93. The van der Waals surface area contributed by atoms with E-state index in [1.807, 2.05) is 6.07 Å². The van der Waals surface area contributed by atoms with Crippen LogP contribution in [-0.2, 0) is 6.54 Å². The molecule has 0 heterocycles. The molecule has 17 heavy (non-hydrogen) atoms. The molecule has 1 aromatic carbocycles. The zero-order chi connectivity index (χ0) is 12.8. The maximum Gasteiger partial charge on any atom is 0.0453 e. The van der Waals surface area contributed by atoms with Crippen LogP contribution in [0.1, 0.15) is 44.7 Å². The summed E-state index contributed by atoms with van der Waals surface area (Å²) in [6, 6.07) is 6.79. The topological polar surface area (TPSA) is 12.0 Å². The normalized spacial score (nSPS) is 14.6. The van der Waals surface area contributed by atoms with Gasteiger partial charge < -0.3 is 5.32 Å². The molecule has 0 fully saturated rings. The molecule has 0 aliphatic heterocycles. The van der Waals surface area contributed by atoms with Gasteiger partial charge >= 0.3 is 0 Å². The van der Waals surface area contributed by atoms with Crippen molar-refractivity contribution in [1.82, 2.24) is 5.32 Å². The Morgan fingerprint density at radius 1 is 1.29 bits per heavy atom. The predicted octanol–water partition coefficient (Wildman–Crippen LogP) is 4.56. The van der Waals surface area contributed by atoms with E-state index >= 15 is 0 Å². The molecule has 0 bridgehead atoms. The molecular weight excluding hydrogens is 230 g/mol. The summed E-state index contributed by atoms with van der Waals surface area (Å²) in [6.07, 6.45) is 2.47. The van der Waals surface area contributed by atoms with Gasteiger partial charge in [0.15, 0.2) is 0 Å². The molecule has 1 rings (SSSR count). The van der Waals surface area contributed by atoms with E-state index in [4.69, 9.17) is 11.6 Å². The van der Waals surface area contributed by atoms with Crippen LogP contribution < -0.4 is 5.32 Å². The summed E-state index contributed by atoms with van der Waals surface area (Å²) in [5.41, 5.74) is 2.40. The van der Waals surface area contributed by atoms with Crippen molar-refractivity contribution >= 4 is 11.6 Å². The molecule has 1 aromatic rings. The van der Waals surface area contributed by atoms with Gasteiger partial charge in [-0.15, -0.1) is 0 Å². The van der Waals surface area contributed by atoms with Gasteiger partial charge in [-0.25, -0.2) is 0 Å². The van der Waals surface area contributed by atoms with Crippen molar-refractivity contribution in [2.24, 2.45) is 5.92 Å². The Morgan fingerprint density at radius 2 is 2.00 bits per heavy atom. The maximum absolute atomic E-state index is 6.21. The summed E-state index contributed by atoms with van der Waals surface area (Å²) in [5, 5.41) is 4.41. The van der Waals surface area contributed by atoms with Gasteiger partial charge in [-0.3, -0.25) is 0 Å². The smallest absolute Gasteiger partial charge is 0.0453 e. The van der Waals surface area contributed by atoms with Crippen LogP contribution >= 0.6 is 11.6 Å². The third-order valence-electron chi connectivity index (χ3n) is 3.30. The zero-order valence-electron chi connectivity index (χ0n) is 11.4. The Morgan fingerprint density at radius 3 is 2.59 bits per heavy atom. The van der Waals surface area contributed by atoms with Crippen LogP contribution in [0.4, 0.5) is 0 Å². The summed E-state index contributed by atoms with van der Waals surface area (Å²) < 4.78 is 0. The largest absolute Gasteiger partial charge is 0.310 e. The van der Waals surface area contributed by atoms with Crippen molar-refractivity contribution in [3.63, 3.8) is 0 Å². The SMILES string of the molecule is CCC(C)CC(C)NCc1ccc(C)cc1Cl. The summed E-state index contributed by atoms with van der Waals surface area (Å²) in [4.78, 5) is 0. The van der Waals surface area contributed by atoms with Crippen LogP contribution in [0.2, 0.25) is 5.02 Å². The second-order valence-electron chi connectivity index (χ2n) is 5.13. The third-order valence-corrected chi connectivity index (χ3v) is 3.65. The van der Waals surface area contributed by atoms with Crippen molar-refractivity contribution in [2.45, 2.75) is 53.1 Å². The van der Waals surface area contributed by atoms with Crippen LogP contribution in [0.15, 0.2) is 18.2 Å². The minimum Gasteiger partial charge on any atom is -0.310 e. The van der Waals surface area contributed by atoms with Gasteiger partial charge in [-0.1, -0.05) is 44.0 Å². The first kappa shape index (κ1) is 14.5. The van der Waals surface area contributed by atoms with Gasteiger partial charge in [0.25, 0.3) is 0 Å². The second-order valence-corrected chi connectivity index (χ2v) is 5.53. The molecule has 0 radical (unpaired) electrons. The monoisotopic (exact) mass is 253 g/mol. The van der Waals surface area contributed by atoms with Gasteiger partial charge in [-0.2, -0.15) is 0 Å². The maximum atomic E-state index is 6.21. The predicted molar refractivity (Wildman–Crippen MR) is 76.6 cm³/mol. The van der Waals surface area contributed by atoms with Crippen molar-refractivity contribution in [3.05, 3.63) is 34.3 Å². The Balaban J connectivity index is 2.44. The zero-order valence-corrected chi connectivity index (χ0v) is 12.1. The highest BCUT2D eigenvalue weighted by molar-refractivity contribution is 6.31. The molecule has 2 unspecified atom stereocenters. The summed E-state index contributed by atoms with van der Waals surface area (Å²) >= 11 is 6.21. The number of halogens is 1. The molecule has 0 saturated carbocycles. The molecule has 0 aliphatic rings. The fourth-order valence-corrected chi connectivity index (χ4v) is 2.24. The second kappa shape index (κ2) is 7.03. The van der Waals surface area contributed by atoms with Crippen LogP contribution in [-0.4, -0.2) is 6.04 Å². The Hall–Kier alpha value is -0.530. The van der Waals surface area contributed by atoms with Gasteiger partial charge in [0, 0.05) is 17.6 Å². The molecule has 2 atom stereocenters. The molecule has 0 saturated heterocycles. The molecule has 0 amide bonds. The Labute approximate surface area is 111 Å². The van der Waals surface area contributed by atoms with Gasteiger partial charge in [0.2, 0.25) is 0 Å². The standard InChI is InChI=1S/C15H24ClN/c1-5-11(2)8-13(4)17-10-14-7-6-12(3)9-15(14)16/h6-7,9,11,13,17H,5,8,10H2,1-4H3. The van der Waals surface area contributed by atoms with E-state index in [1.165, 1.54) is 24.0 Å². The third kappa shape index (κ3) is 5.10. The first-order valence-corrected chi connectivity index (χ1v) is 6.89. The van der Waals surface area contributed by atoms with Crippen molar-refractivity contribution in [3.8, 4) is 0 Å². The molecule has 96 valence electrons. The average Bonchev–Trinajstić information content (AvgIpc) is 2.27. The molecule has 1 nitrogen and oxygen atoms in total. The number of aryl methyl sites for hydroxylation is 1. The summed E-state index contributed by atoms with van der Waals surface area (Å²) in [7, 11) is 0. The van der Waals surface area contributed by atoms with Crippen molar-refractivity contribution in [1.29, 1.82) is 0 Å². The van der Waals surface area contributed by atoms with Crippen LogP contribution in [0.25, 0.3) is 0 Å². The quantitative estimate of drug-likeness (QED) is 0.784. The molecule has 0 spiro atoms. The molecule has 2 heteroatoms. The molecule has 1 N–H and O–H groups in total. The fraction of sp³-hybridized carbons (Fsp3) is 0.600. The minimum atomic E-state index is 0.544. The minimum absolute atomic E-state index is 0.544. The van der Waals surface area contributed by atoms with E-state index < -0.39 is 0 Å². The summed E-state index contributed by atoms with van der Waals surface area (Å²) in [5.74, 6) is 0.783. The Bertz CT molecular complexity index is 349. The van der Waals surface area contributed by atoms with E-state index in [0.717, 1.165) is 17.5 Å². The number of hydrogen-bond donors (Lipinski definition) is 1. The van der Waals surface area contributed by atoms with Crippen molar-refractivity contribution < 1.29 is 0 Å². The van der Waals surface area contributed by atoms with Crippen LogP contribution in [0.3, 0.4) is 0 Å². The van der Waals surface area contributed by atoms with Gasteiger partial charge in [0.1, 0.15) is 0 Å². The first-order valence-electron chi connectivity index (χ1n) is 6.51. The number of rotatable bonds is 6. The lowest BCUT2D eigenvalue weighted by atomic mass is 10.0. The van der Waals surface area contributed by atoms with Crippen LogP contribution in [0.5, 0.6) is 0 Å². The molecule has 0 aromatic heterocycles. The van der Waals surface area contributed by atoms with Crippen LogP contribution in [0, 0.1) is 12.8 Å². The van der Waals surface area contributed by atoms with E-state index in [1.54, 1.807) is 0 Å². The van der Waals surface area contributed by atoms with E-state index in [2.05, 4.69) is 45.1 Å². The van der Waals surface area contributed by atoms with Gasteiger partial charge in [-0.05, 0) is 43.4 Å². The highest BCUT2D eigenvalue weighted by Crippen LogP contribution is 2.18. The lowest BCUT2D eigenvalue weighted by molar-refractivity contribution is 0.412. The number of benzene rings is 1. The summed E-state index contributed by atoms with van der Waals surface area (Å²) in [6.45, 7) is 9.71. The average molecular weight is 254 g/mol. The van der Waals surface area contributed by atoms with E-state index in [-0.39, 0.29) is 0 Å². The van der Waals surface area contributed by atoms with Gasteiger partial charge in [0.05, 0.1) is 0 Å². The molecule has 0 aliphatic carbocycles. The lowest BCUT2D eigenvalue weighted by Gasteiger charge is -2.18. The highest BCUT2D eigenvalue weighted by Gasteiger charge is 2.07.